The molecule has 0 spiro atoms. The quantitative estimate of drug-likeness (QED) is 0.0370. The van der Waals surface area contributed by atoms with Crippen LogP contribution < -0.4 is 0 Å². The Morgan fingerprint density at radius 2 is 0.395 bits per heavy atom. The molecule has 0 N–H and O–H groups in total. The Morgan fingerprint density at radius 3 is 0.543 bits per heavy atom. The van der Waals surface area contributed by atoms with Gasteiger partial charge in [0.1, 0.15) is 20.2 Å². The summed E-state index contributed by atoms with van der Waals surface area (Å²) in [6.07, 6.45) is 80.1. The Hall–Kier alpha value is -0.480. The molecule has 0 radical (unpaired) electrons. The van der Waals surface area contributed by atoms with Crippen LogP contribution in [0.25, 0.3) is 0 Å². The molecule has 2 rings (SSSR count). The van der Waals surface area contributed by atoms with Crippen molar-refractivity contribution in [1.29, 1.82) is 0 Å². The number of hydrogen-bond donors (Lipinski definition) is 0. The molecule has 0 atom stereocenters. The average Bonchev–Trinajstić information content (AvgIpc) is 3.44. The maximum absolute atomic E-state index is 11.1. The van der Waals surface area contributed by atoms with Gasteiger partial charge in [-0.3, -0.25) is 0 Å². The van der Waals surface area contributed by atoms with Crippen molar-refractivity contribution in [2.45, 2.75) is 396 Å². The zero-order chi connectivity index (χ0) is 58.0. The fourth-order valence-electron chi connectivity index (χ4n) is 11.7. The van der Waals surface area contributed by atoms with Crippen LogP contribution in [0.1, 0.15) is 385 Å². The molecule has 2 aromatic carbocycles. The minimum Gasteiger partial charge on any atom is -0.744 e. The van der Waals surface area contributed by atoms with Crippen molar-refractivity contribution in [2.75, 3.05) is 0 Å². The third-order valence-corrected chi connectivity index (χ3v) is 18.7. The predicted octanol–water partition coefficient (Wildman–Crippen LogP) is 23.8. The van der Waals surface area contributed by atoms with Gasteiger partial charge >= 0.3 is 37.7 Å². The second-order valence-corrected chi connectivity index (χ2v) is 27.6. The molecule has 468 valence electrons. The van der Waals surface area contributed by atoms with Crippen molar-refractivity contribution in [3.63, 3.8) is 0 Å². The summed E-state index contributed by atoms with van der Waals surface area (Å²) in [5.74, 6) is 0. The van der Waals surface area contributed by atoms with Crippen molar-refractivity contribution in [2.24, 2.45) is 0 Å². The Balaban J connectivity index is 0.00000156. The van der Waals surface area contributed by atoms with Crippen LogP contribution in [-0.2, 0) is 33.1 Å². The minimum atomic E-state index is -4.34. The summed E-state index contributed by atoms with van der Waals surface area (Å²) in [5.41, 5.74) is 1.90. The smallest absolute Gasteiger partial charge is 0.744 e. The summed E-state index contributed by atoms with van der Waals surface area (Å²) in [4.78, 5) is -0.213. The van der Waals surface area contributed by atoms with E-state index in [1.54, 1.807) is 12.1 Å². The number of aryl methyl sites for hydroxylation is 2. The fraction of sp³-hybridized carbons (Fsp3) is 0.833. The van der Waals surface area contributed by atoms with Crippen LogP contribution in [0.3, 0.4) is 0 Å². The third-order valence-electron chi connectivity index (χ3n) is 17.0. The zero-order valence-electron chi connectivity index (χ0n) is 53.6. The monoisotopic (exact) mass is 1190 g/mol. The maximum Gasteiger partial charge on any atom is 2.00 e. The number of rotatable bonds is 60. The first-order valence-electron chi connectivity index (χ1n) is 35.2. The average molecular weight is 1200 g/mol. The molecular formula is C72H130CaO6S2. The molecule has 0 saturated heterocycles. The minimum absolute atomic E-state index is 0. The SMILES string of the molecule is CCCCCCCCCCCCCCCCCCCCCCCCCCCCCCc1cccc(S(=O)(=O)[O-])c1.CCCCCCCCCCCCCCCCCCCCCCCCCCCCCCc1cccc(S(=O)(=O)[O-])c1.[Ca+2]. The van der Waals surface area contributed by atoms with E-state index >= 15 is 0 Å². The molecule has 0 saturated carbocycles. The second-order valence-electron chi connectivity index (χ2n) is 24.8. The van der Waals surface area contributed by atoms with Gasteiger partial charge in [-0.15, -0.1) is 0 Å². The van der Waals surface area contributed by atoms with Crippen LogP contribution in [0.4, 0.5) is 0 Å². The molecule has 0 aliphatic heterocycles. The maximum atomic E-state index is 11.1. The summed E-state index contributed by atoms with van der Waals surface area (Å²) in [5, 5.41) is 0. The molecule has 81 heavy (non-hydrogen) atoms. The van der Waals surface area contributed by atoms with E-state index in [9.17, 15) is 25.9 Å². The predicted molar refractivity (Wildman–Crippen MR) is 352 cm³/mol. The van der Waals surface area contributed by atoms with Gasteiger partial charge in [-0.1, -0.05) is 385 Å². The van der Waals surface area contributed by atoms with Crippen LogP contribution in [0.2, 0.25) is 0 Å². The van der Waals surface area contributed by atoms with Crippen molar-refractivity contribution in [1.82, 2.24) is 0 Å². The topological polar surface area (TPSA) is 114 Å². The molecule has 9 heteroatoms. The summed E-state index contributed by atoms with van der Waals surface area (Å²) in [6.45, 7) is 4.59. The van der Waals surface area contributed by atoms with Gasteiger partial charge in [0.25, 0.3) is 0 Å². The summed E-state index contributed by atoms with van der Waals surface area (Å²) < 4.78 is 66.8. The Morgan fingerprint density at radius 1 is 0.247 bits per heavy atom. The normalized spacial score (nSPS) is 11.7. The molecule has 0 aliphatic carbocycles. The van der Waals surface area contributed by atoms with Gasteiger partial charge in [0.2, 0.25) is 0 Å². The molecule has 0 fully saturated rings. The van der Waals surface area contributed by atoms with Crippen molar-refractivity contribution >= 4 is 58.0 Å². The van der Waals surface area contributed by atoms with Crippen LogP contribution in [0, 0.1) is 0 Å². The summed E-state index contributed by atoms with van der Waals surface area (Å²) in [6, 6.07) is 13.0. The van der Waals surface area contributed by atoms with Gasteiger partial charge in [0.05, 0.1) is 9.79 Å². The largest absolute Gasteiger partial charge is 2.00 e. The van der Waals surface area contributed by atoms with Crippen molar-refractivity contribution < 1.29 is 25.9 Å². The first-order valence-corrected chi connectivity index (χ1v) is 38.0. The Labute approximate surface area is 535 Å². The standard InChI is InChI=1S/2C36H66O3S.Ca/c2*1-2-3-4-5-6-7-8-9-10-11-12-13-14-15-16-17-18-19-20-21-22-23-24-25-26-27-28-29-31-35-32-30-33-36(34-35)40(37,38)39;/h2*30,32-34H,2-29,31H2,1H3,(H,37,38,39);/q;;+2/p-2. The van der Waals surface area contributed by atoms with Gasteiger partial charge < -0.3 is 9.11 Å². The van der Waals surface area contributed by atoms with E-state index in [-0.39, 0.29) is 47.5 Å². The molecule has 0 bridgehead atoms. The third kappa shape index (κ3) is 57.1. The number of unbranched alkanes of at least 4 members (excludes halogenated alkanes) is 54. The number of benzene rings is 2. The van der Waals surface area contributed by atoms with E-state index in [0.717, 1.165) is 36.8 Å². The van der Waals surface area contributed by atoms with Gasteiger partial charge in [0, 0.05) is 0 Å². The first-order chi connectivity index (χ1) is 39.1. The summed E-state index contributed by atoms with van der Waals surface area (Å²) in [7, 11) is -8.69. The van der Waals surface area contributed by atoms with Gasteiger partial charge in [0.15, 0.2) is 0 Å². The Kier molecular flexibility index (Phi) is 60.8. The Bertz CT molecular complexity index is 1690. The van der Waals surface area contributed by atoms with Crippen LogP contribution in [0.15, 0.2) is 58.3 Å². The molecule has 0 aromatic heterocycles. The van der Waals surface area contributed by atoms with E-state index in [0.29, 0.717) is 0 Å². The molecule has 0 amide bonds. The van der Waals surface area contributed by atoms with Crippen LogP contribution in [-0.4, -0.2) is 63.7 Å². The fourth-order valence-corrected chi connectivity index (χ4v) is 12.8. The van der Waals surface area contributed by atoms with Crippen LogP contribution in [0.5, 0.6) is 0 Å². The van der Waals surface area contributed by atoms with E-state index in [1.807, 2.05) is 12.1 Å². The molecule has 0 unspecified atom stereocenters. The van der Waals surface area contributed by atoms with E-state index in [1.165, 1.54) is 371 Å². The van der Waals surface area contributed by atoms with Crippen molar-refractivity contribution in [3.8, 4) is 0 Å². The van der Waals surface area contributed by atoms with Crippen molar-refractivity contribution in [3.05, 3.63) is 59.7 Å². The molecule has 2 aromatic rings. The first kappa shape index (κ1) is 80.5. The van der Waals surface area contributed by atoms with E-state index < -0.39 is 20.2 Å². The van der Waals surface area contributed by atoms with E-state index in [4.69, 9.17) is 0 Å². The molecular weight excluding hydrogens is 1060 g/mol. The molecule has 0 aliphatic rings. The number of hydrogen-bond acceptors (Lipinski definition) is 6. The summed E-state index contributed by atoms with van der Waals surface area (Å²) >= 11 is 0. The van der Waals surface area contributed by atoms with Gasteiger partial charge in [-0.05, 0) is 61.1 Å². The molecule has 6 nitrogen and oxygen atoms in total. The van der Waals surface area contributed by atoms with Gasteiger partial charge in [-0.2, -0.15) is 0 Å². The van der Waals surface area contributed by atoms with Crippen LogP contribution >= 0.6 is 0 Å². The van der Waals surface area contributed by atoms with Gasteiger partial charge in [-0.25, -0.2) is 16.8 Å². The molecule has 0 heterocycles. The second kappa shape index (κ2) is 61.2. The van der Waals surface area contributed by atoms with E-state index in [2.05, 4.69) is 13.8 Å². The zero-order valence-corrected chi connectivity index (χ0v) is 57.4.